The zero-order valence-electron chi connectivity index (χ0n) is 8.61. The summed E-state index contributed by atoms with van der Waals surface area (Å²) in [6.07, 6.45) is 1.37. The van der Waals surface area contributed by atoms with Crippen molar-refractivity contribution < 1.29 is 5.11 Å². The van der Waals surface area contributed by atoms with Crippen LogP contribution in [0.15, 0.2) is 11.7 Å². The summed E-state index contributed by atoms with van der Waals surface area (Å²) in [5, 5.41) is 9.98. The molecule has 0 bridgehead atoms. The summed E-state index contributed by atoms with van der Waals surface area (Å²) >= 11 is 1.51. The number of rotatable bonds is 2. The van der Waals surface area contributed by atoms with Gasteiger partial charge in [-0.15, -0.1) is 11.3 Å². The minimum absolute atomic E-state index is 0.128. The lowest BCUT2D eigenvalue weighted by molar-refractivity contribution is 0.0560. The molecule has 1 rings (SSSR count). The maximum Gasteiger partial charge on any atom is 0.0928 e. The van der Waals surface area contributed by atoms with Crippen LogP contribution in [-0.4, -0.2) is 10.1 Å². The molecule has 1 N–H and O–H groups in total. The van der Waals surface area contributed by atoms with E-state index in [1.807, 2.05) is 0 Å². The Morgan fingerprint density at radius 3 is 2.46 bits per heavy atom. The standard InChI is InChI=1S/C10H17NOS/c1-7(10(2,3)4)9(12)8-5-11-6-13-8/h5-7,9,12H,1-4H3. The van der Waals surface area contributed by atoms with Gasteiger partial charge in [-0.2, -0.15) is 0 Å². The van der Waals surface area contributed by atoms with Gasteiger partial charge in [-0.1, -0.05) is 27.7 Å². The first-order valence-electron chi connectivity index (χ1n) is 4.49. The van der Waals surface area contributed by atoms with Gasteiger partial charge < -0.3 is 5.11 Å². The molecule has 0 radical (unpaired) electrons. The number of thiazole rings is 1. The number of aromatic nitrogens is 1. The summed E-state index contributed by atoms with van der Waals surface area (Å²) in [5.41, 5.74) is 1.89. The second-order valence-electron chi connectivity index (χ2n) is 4.50. The summed E-state index contributed by atoms with van der Waals surface area (Å²) in [6, 6.07) is 0. The highest BCUT2D eigenvalue weighted by molar-refractivity contribution is 7.09. The minimum Gasteiger partial charge on any atom is -0.387 e. The highest BCUT2D eigenvalue weighted by atomic mass is 32.1. The van der Waals surface area contributed by atoms with Crippen LogP contribution in [0, 0.1) is 11.3 Å². The van der Waals surface area contributed by atoms with Crippen LogP contribution in [0.3, 0.4) is 0 Å². The van der Waals surface area contributed by atoms with Gasteiger partial charge in [0.05, 0.1) is 16.5 Å². The van der Waals surface area contributed by atoms with Crippen LogP contribution in [0.1, 0.15) is 38.7 Å². The van der Waals surface area contributed by atoms with Gasteiger partial charge in [-0.05, 0) is 11.3 Å². The molecular weight excluding hydrogens is 182 g/mol. The maximum absolute atomic E-state index is 9.98. The van der Waals surface area contributed by atoms with Gasteiger partial charge in [-0.3, -0.25) is 4.98 Å². The molecule has 13 heavy (non-hydrogen) atoms. The Balaban J connectivity index is 2.74. The van der Waals surface area contributed by atoms with Crippen molar-refractivity contribution in [1.82, 2.24) is 4.98 Å². The van der Waals surface area contributed by atoms with Crippen LogP contribution in [-0.2, 0) is 0 Å². The predicted molar refractivity (Wildman–Crippen MR) is 55.7 cm³/mol. The van der Waals surface area contributed by atoms with Crippen molar-refractivity contribution >= 4 is 11.3 Å². The molecule has 1 aromatic heterocycles. The van der Waals surface area contributed by atoms with Crippen LogP contribution >= 0.6 is 11.3 Å². The number of aliphatic hydroxyl groups excluding tert-OH is 1. The molecule has 2 unspecified atom stereocenters. The molecule has 3 heteroatoms. The fraction of sp³-hybridized carbons (Fsp3) is 0.700. The Morgan fingerprint density at radius 1 is 1.46 bits per heavy atom. The second kappa shape index (κ2) is 3.76. The van der Waals surface area contributed by atoms with Gasteiger partial charge in [-0.25, -0.2) is 0 Å². The van der Waals surface area contributed by atoms with Gasteiger partial charge in [0.25, 0.3) is 0 Å². The number of aliphatic hydroxyl groups is 1. The topological polar surface area (TPSA) is 33.1 Å². The third kappa shape index (κ3) is 2.51. The van der Waals surface area contributed by atoms with Gasteiger partial charge in [0.15, 0.2) is 0 Å². The molecular formula is C10H17NOS. The molecule has 0 aliphatic rings. The molecule has 0 amide bonds. The summed E-state index contributed by atoms with van der Waals surface area (Å²) in [5.74, 6) is 0.243. The average Bonchev–Trinajstić information content (AvgIpc) is 2.51. The molecule has 0 saturated heterocycles. The van der Waals surface area contributed by atoms with Gasteiger partial charge >= 0.3 is 0 Å². The molecule has 74 valence electrons. The summed E-state index contributed by atoms with van der Waals surface area (Å²) in [6.45, 7) is 8.50. The number of hydrogen-bond acceptors (Lipinski definition) is 3. The molecule has 0 aliphatic carbocycles. The molecule has 0 fully saturated rings. The van der Waals surface area contributed by atoms with Crippen LogP contribution in [0.25, 0.3) is 0 Å². The van der Waals surface area contributed by atoms with Crippen LogP contribution in [0.4, 0.5) is 0 Å². The summed E-state index contributed by atoms with van der Waals surface area (Å²) in [4.78, 5) is 4.93. The lowest BCUT2D eigenvalue weighted by Crippen LogP contribution is -2.23. The molecule has 1 aromatic rings. The van der Waals surface area contributed by atoms with E-state index in [1.54, 1.807) is 11.7 Å². The largest absolute Gasteiger partial charge is 0.387 e. The Labute approximate surface area is 83.6 Å². The Bertz CT molecular complexity index is 250. The van der Waals surface area contributed by atoms with Crippen LogP contribution in [0.2, 0.25) is 0 Å². The van der Waals surface area contributed by atoms with E-state index in [4.69, 9.17) is 0 Å². The van der Waals surface area contributed by atoms with E-state index in [0.29, 0.717) is 0 Å². The van der Waals surface area contributed by atoms with Crippen molar-refractivity contribution in [2.24, 2.45) is 11.3 Å². The third-order valence-corrected chi connectivity index (χ3v) is 3.43. The lowest BCUT2D eigenvalue weighted by Gasteiger charge is -2.30. The van der Waals surface area contributed by atoms with Crippen molar-refractivity contribution in [2.75, 3.05) is 0 Å². The Kier molecular flexibility index (Phi) is 3.09. The molecule has 0 saturated carbocycles. The van der Waals surface area contributed by atoms with Crippen molar-refractivity contribution in [1.29, 1.82) is 0 Å². The molecule has 1 heterocycles. The van der Waals surface area contributed by atoms with E-state index in [1.165, 1.54) is 11.3 Å². The predicted octanol–water partition coefficient (Wildman–Crippen LogP) is 2.86. The third-order valence-electron chi connectivity index (χ3n) is 2.58. The van der Waals surface area contributed by atoms with E-state index < -0.39 is 0 Å². The van der Waals surface area contributed by atoms with Gasteiger partial charge in [0, 0.05) is 6.20 Å². The summed E-state index contributed by atoms with van der Waals surface area (Å²) in [7, 11) is 0. The van der Waals surface area contributed by atoms with E-state index in [-0.39, 0.29) is 17.4 Å². The van der Waals surface area contributed by atoms with Gasteiger partial charge in [0.1, 0.15) is 0 Å². The van der Waals surface area contributed by atoms with E-state index in [9.17, 15) is 5.11 Å². The molecule has 0 spiro atoms. The molecule has 0 aromatic carbocycles. The van der Waals surface area contributed by atoms with Gasteiger partial charge in [0.2, 0.25) is 0 Å². The maximum atomic E-state index is 9.98. The quantitative estimate of drug-likeness (QED) is 0.794. The van der Waals surface area contributed by atoms with Crippen LogP contribution < -0.4 is 0 Å². The first kappa shape index (κ1) is 10.7. The number of nitrogens with zero attached hydrogens (tertiary/aromatic N) is 1. The van der Waals surface area contributed by atoms with Crippen molar-refractivity contribution in [3.05, 3.63) is 16.6 Å². The number of hydrogen-bond donors (Lipinski definition) is 1. The SMILES string of the molecule is CC(C(O)c1cncs1)C(C)(C)C. The first-order valence-corrected chi connectivity index (χ1v) is 5.37. The highest BCUT2D eigenvalue weighted by Gasteiger charge is 2.28. The smallest absolute Gasteiger partial charge is 0.0928 e. The Morgan fingerprint density at radius 2 is 2.08 bits per heavy atom. The minimum atomic E-state index is -0.382. The van der Waals surface area contributed by atoms with E-state index >= 15 is 0 Å². The Hall–Kier alpha value is -0.410. The average molecular weight is 199 g/mol. The fourth-order valence-corrected chi connectivity index (χ4v) is 1.80. The second-order valence-corrected chi connectivity index (χ2v) is 5.42. The van der Waals surface area contributed by atoms with Crippen molar-refractivity contribution in [3.63, 3.8) is 0 Å². The van der Waals surface area contributed by atoms with E-state index in [0.717, 1.165) is 4.88 Å². The van der Waals surface area contributed by atoms with Crippen molar-refractivity contribution in [3.8, 4) is 0 Å². The summed E-state index contributed by atoms with van der Waals surface area (Å²) < 4.78 is 0. The molecule has 0 aliphatic heterocycles. The molecule has 2 nitrogen and oxygen atoms in total. The fourth-order valence-electron chi connectivity index (χ4n) is 1.09. The van der Waals surface area contributed by atoms with Crippen molar-refractivity contribution in [2.45, 2.75) is 33.8 Å². The highest BCUT2D eigenvalue weighted by Crippen LogP contribution is 2.36. The zero-order chi connectivity index (χ0) is 10.1. The first-order chi connectivity index (χ1) is 5.93. The van der Waals surface area contributed by atoms with Crippen LogP contribution in [0.5, 0.6) is 0 Å². The normalized spacial score (nSPS) is 17.0. The van der Waals surface area contributed by atoms with E-state index in [2.05, 4.69) is 32.7 Å². The monoisotopic (exact) mass is 199 g/mol. The molecule has 2 atom stereocenters. The lowest BCUT2D eigenvalue weighted by atomic mass is 9.78. The zero-order valence-corrected chi connectivity index (χ0v) is 9.43.